The summed E-state index contributed by atoms with van der Waals surface area (Å²) in [5.74, 6) is 1.22. The lowest BCUT2D eigenvalue weighted by Gasteiger charge is -2.40. The van der Waals surface area contributed by atoms with E-state index in [1.54, 1.807) is 13.0 Å². The van der Waals surface area contributed by atoms with Crippen molar-refractivity contribution in [2.75, 3.05) is 19.6 Å². The van der Waals surface area contributed by atoms with Crippen molar-refractivity contribution >= 4 is 0 Å². The van der Waals surface area contributed by atoms with E-state index in [0.29, 0.717) is 13.0 Å². The maximum absolute atomic E-state index is 15.6. The predicted molar refractivity (Wildman–Crippen MR) is 115 cm³/mol. The first-order valence-corrected chi connectivity index (χ1v) is 10.0. The van der Waals surface area contributed by atoms with E-state index in [4.69, 9.17) is 6.42 Å². The average Bonchev–Trinajstić information content (AvgIpc) is 2.85. The first kappa shape index (κ1) is 20.4. The molecule has 148 valence electrons. The number of halogens is 1. The highest BCUT2D eigenvalue weighted by atomic mass is 19.1. The van der Waals surface area contributed by atoms with Gasteiger partial charge in [-0.2, -0.15) is 0 Å². The minimum absolute atomic E-state index is 0.144. The number of likely N-dealkylation sites (tertiary alicyclic amines) is 2. The highest BCUT2D eigenvalue weighted by Crippen LogP contribution is 2.55. The van der Waals surface area contributed by atoms with Crippen molar-refractivity contribution in [1.29, 1.82) is 0 Å². The smallest absolute Gasteiger partial charge is 0.181 e. The average molecular weight is 379 g/mol. The summed E-state index contributed by atoms with van der Waals surface area (Å²) >= 11 is 0. The monoisotopic (exact) mass is 378 g/mol. The van der Waals surface area contributed by atoms with E-state index in [1.165, 1.54) is 5.56 Å². The second-order valence-electron chi connectivity index (χ2n) is 8.48. The zero-order valence-corrected chi connectivity index (χ0v) is 17.2. The summed E-state index contributed by atoms with van der Waals surface area (Å²) in [6.07, 6.45) is 11.4. The number of terminal acetylenes is 1. The van der Waals surface area contributed by atoms with E-state index in [-0.39, 0.29) is 5.41 Å². The Morgan fingerprint density at radius 3 is 2.50 bits per heavy atom. The summed E-state index contributed by atoms with van der Waals surface area (Å²) in [6, 6.07) is 8.33. The maximum Gasteiger partial charge on any atom is 0.181 e. The maximum atomic E-state index is 15.6. The van der Waals surface area contributed by atoms with E-state index in [0.717, 1.165) is 49.3 Å². The van der Waals surface area contributed by atoms with Crippen LogP contribution in [0, 0.1) is 24.7 Å². The highest BCUT2D eigenvalue weighted by molar-refractivity contribution is 5.28. The molecule has 0 radical (unpaired) electrons. The third kappa shape index (κ3) is 4.08. The molecular weight excluding hydrogens is 347 g/mol. The standard InChI is InChI=1S/C25H31FN2/c1-6-8-22(7-2)17-27-15-13-25(14-16-27)19-24(5,26)28(21(25)4)18-23-11-9-20(3)10-12-23/h1,7-12H,2,4,13-19H2,3,5H3/b22-8+. The molecule has 0 amide bonds. The van der Waals surface area contributed by atoms with Crippen LogP contribution in [0.1, 0.15) is 37.3 Å². The first-order chi connectivity index (χ1) is 13.3. The molecule has 0 saturated carbocycles. The molecule has 1 unspecified atom stereocenters. The van der Waals surface area contributed by atoms with Crippen LogP contribution in [-0.4, -0.2) is 35.2 Å². The summed E-state index contributed by atoms with van der Waals surface area (Å²) in [7, 11) is 0. The SMILES string of the molecule is C#C/C=C(\C=C)CN1CCC2(CC1)CC(C)(F)N(Cc1ccc(C)cc1)C2=C. The van der Waals surface area contributed by atoms with Crippen LogP contribution in [0.4, 0.5) is 4.39 Å². The quantitative estimate of drug-likeness (QED) is 0.393. The number of hydrogen-bond acceptors (Lipinski definition) is 2. The lowest BCUT2D eigenvalue weighted by atomic mass is 9.74. The van der Waals surface area contributed by atoms with Gasteiger partial charge in [-0.1, -0.05) is 55.0 Å². The van der Waals surface area contributed by atoms with Gasteiger partial charge >= 0.3 is 0 Å². The number of nitrogens with zero attached hydrogens (tertiary/aromatic N) is 2. The summed E-state index contributed by atoms with van der Waals surface area (Å²) < 4.78 is 15.6. The van der Waals surface area contributed by atoms with Crippen LogP contribution in [0.2, 0.25) is 0 Å². The Bertz CT molecular complexity index is 802. The Morgan fingerprint density at radius 1 is 1.29 bits per heavy atom. The molecule has 1 aromatic rings. The van der Waals surface area contributed by atoms with E-state index in [2.05, 4.69) is 55.2 Å². The van der Waals surface area contributed by atoms with E-state index in [9.17, 15) is 0 Å². The van der Waals surface area contributed by atoms with E-state index >= 15 is 4.39 Å². The molecule has 0 bridgehead atoms. The molecule has 3 heteroatoms. The van der Waals surface area contributed by atoms with Crippen LogP contribution < -0.4 is 0 Å². The molecule has 0 aliphatic carbocycles. The van der Waals surface area contributed by atoms with Gasteiger partial charge in [0.15, 0.2) is 5.79 Å². The van der Waals surface area contributed by atoms with Gasteiger partial charge < -0.3 is 4.90 Å². The molecule has 1 atom stereocenters. The van der Waals surface area contributed by atoms with Crippen molar-refractivity contribution in [2.24, 2.45) is 5.41 Å². The molecule has 3 rings (SSSR count). The lowest BCUT2D eigenvalue weighted by Crippen LogP contribution is -2.41. The van der Waals surface area contributed by atoms with Crippen molar-refractivity contribution in [3.63, 3.8) is 0 Å². The fourth-order valence-electron chi connectivity index (χ4n) is 4.66. The summed E-state index contributed by atoms with van der Waals surface area (Å²) in [5.41, 5.74) is 4.21. The minimum atomic E-state index is -1.36. The molecule has 0 aromatic heterocycles. The molecule has 2 aliphatic heterocycles. The fourth-order valence-corrected chi connectivity index (χ4v) is 4.66. The third-order valence-corrected chi connectivity index (χ3v) is 6.37. The zero-order chi connectivity index (χ0) is 20.4. The number of piperidine rings is 1. The van der Waals surface area contributed by atoms with Crippen LogP contribution in [0.15, 0.2) is 60.8 Å². The summed E-state index contributed by atoms with van der Waals surface area (Å²) in [6.45, 7) is 15.2. The van der Waals surface area contributed by atoms with Crippen LogP contribution >= 0.6 is 0 Å². The van der Waals surface area contributed by atoms with Gasteiger partial charge in [0.2, 0.25) is 0 Å². The first-order valence-electron chi connectivity index (χ1n) is 10.0. The van der Waals surface area contributed by atoms with Crippen molar-refractivity contribution in [3.8, 4) is 12.3 Å². The van der Waals surface area contributed by atoms with Crippen LogP contribution in [0.25, 0.3) is 0 Å². The number of aryl methyl sites for hydroxylation is 1. The second-order valence-corrected chi connectivity index (χ2v) is 8.48. The number of rotatable bonds is 5. The van der Waals surface area contributed by atoms with Crippen molar-refractivity contribution in [1.82, 2.24) is 9.80 Å². The molecule has 2 nitrogen and oxygen atoms in total. The van der Waals surface area contributed by atoms with Crippen molar-refractivity contribution in [3.05, 3.63) is 72.0 Å². The molecule has 1 aromatic carbocycles. The van der Waals surface area contributed by atoms with Crippen LogP contribution in [0.3, 0.4) is 0 Å². The Balaban J connectivity index is 1.69. The predicted octanol–water partition coefficient (Wildman–Crippen LogP) is 5.23. The van der Waals surface area contributed by atoms with Gasteiger partial charge in [-0.15, -0.1) is 6.42 Å². The van der Waals surface area contributed by atoms with Gasteiger partial charge in [-0.25, -0.2) is 4.39 Å². The largest absolute Gasteiger partial charge is 0.339 e. The number of alkyl halides is 1. The van der Waals surface area contributed by atoms with Crippen LogP contribution in [0.5, 0.6) is 0 Å². The van der Waals surface area contributed by atoms with Gasteiger partial charge in [0.05, 0.1) is 0 Å². The van der Waals surface area contributed by atoms with Gasteiger partial charge in [-0.3, -0.25) is 4.90 Å². The van der Waals surface area contributed by atoms with Gasteiger partial charge in [0, 0.05) is 30.6 Å². The van der Waals surface area contributed by atoms with Gasteiger partial charge in [0.1, 0.15) is 0 Å². The Hall–Kier alpha value is -2.31. The zero-order valence-electron chi connectivity index (χ0n) is 17.2. The van der Waals surface area contributed by atoms with Gasteiger partial charge in [-0.05, 0) is 57.0 Å². The number of allylic oxidation sites excluding steroid dienone is 2. The molecule has 28 heavy (non-hydrogen) atoms. The third-order valence-electron chi connectivity index (χ3n) is 6.37. The Labute approximate surface area is 169 Å². The molecule has 2 aliphatic rings. The van der Waals surface area contributed by atoms with Crippen molar-refractivity contribution in [2.45, 2.75) is 45.4 Å². The topological polar surface area (TPSA) is 6.48 Å². The van der Waals surface area contributed by atoms with E-state index in [1.807, 2.05) is 11.0 Å². The van der Waals surface area contributed by atoms with Gasteiger partial charge in [0.25, 0.3) is 0 Å². The molecule has 2 heterocycles. The summed E-state index contributed by atoms with van der Waals surface area (Å²) in [4.78, 5) is 4.27. The lowest BCUT2D eigenvalue weighted by molar-refractivity contribution is 0.0233. The Morgan fingerprint density at radius 2 is 1.93 bits per heavy atom. The molecule has 2 fully saturated rings. The minimum Gasteiger partial charge on any atom is -0.339 e. The fraction of sp³-hybridized carbons (Fsp3) is 0.440. The summed E-state index contributed by atoms with van der Waals surface area (Å²) in [5, 5.41) is 0. The number of hydrogen-bond donors (Lipinski definition) is 0. The van der Waals surface area contributed by atoms with E-state index < -0.39 is 5.79 Å². The number of benzene rings is 1. The highest BCUT2D eigenvalue weighted by Gasteiger charge is 2.54. The molecular formula is C25H31FN2. The normalized spacial score (nSPS) is 25.1. The molecule has 2 saturated heterocycles. The molecule has 1 spiro atoms. The van der Waals surface area contributed by atoms with Crippen molar-refractivity contribution < 1.29 is 4.39 Å². The van der Waals surface area contributed by atoms with Crippen LogP contribution in [-0.2, 0) is 6.54 Å². The Kier molecular flexibility index (Phi) is 5.82. The molecule has 0 N–H and O–H groups in total. The second kappa shape index (κ2) is 7.97.